The zero-order valence-corrected chi connectivity index (χ0v) is 14.0. The van der Waals surface area contributed by atoms with Crippen molar-refractivity contribution in [2.75, 3.05) is 4.90 Å². The first-order chi connectivity index (χ1) is 10.2. The fraction of sp³-hybridized carbons (Fsp3) is 0.588. The Morgan fingerprint density at radius 1 is 1.45 bits per heavy atom. The van der Waals surface area contributed by atoms with Crippen molar-refractivity contribution in [3.05, 3.63) is 29.6 Å². The van der Waals surface area contributed by atoms with Crippen molar-refractivity contribution >= 4 is 11.6 Å². The van der Waals surface area contributed by atoms with Gasteiger partial charge in [-0.25, -0.2) is 10.2 Å². The van der Waals surface area contributed by atoms with Gasteiger partial charge in [-0.1, -0.05) is 20.8 Å². The third-order valence-corrected chi connectivity index (χ3v) is 4.56. The number of nitrogens with zero attached hydrogens (tertiary/aromatic N) is 1. The molecule has 0 saturated carbocycles. The van der Waals surface area contributed by atoms with Crippen molar-refractivity contribution in [1.82, 2.24) is 5.43 Å². The standard InChI is InChI=1S/C17H26FN3O/c1-10(2)15(16(22)20-19)21-14-7-6-12(18)8-13(14)11(3)9-17(21,4)5/h6-8,10-11,15H,9,19H2,1-5H3,(H,20,22)/t11-,15+/m0/s1. The van der Waals surface area contributed by atoms with Gasteiger partial charge >= 0.3 is 0 Å². The fourth-order valence-corrected chi connectivity index (χ4v) is 3.75. The summed E-state index contributed by atoms with van der Waals surface area (Å²) in [5.74, 6) is 5.25. The molecule has 122 valence electrons. The summed E-state index contributed by atoms with van der Waals surface area (Å²) in [6.07, 6.45) is 0.852. The highest BCUT2D eigenvalue weighted by Crippen LogP contribution is 2.45. The third kappa shape index (κ3) is 2.82. The summed E-state index contributed by atoms with van der Waals surface area (Å²) in [4.78, 5) is 14.5. The van der Waals surface area contributed by atoms with E-state index in [0.29, 0.717) is 0 Å². The zero-order chi connectivity index (χ0) is 16.7. The van der Waals surface area contributed by atoms with E-state index < -0.39 is 6.04 Å². The summed E-state index contributed by atoms with van der Waals surface area (Å²) in [6.45, 7) is 10.3. The molecule has 1 aliphatic rings. The van der Waals surface area contributed by atoms with Gasteiger partial charge < -0.3 is 4.90 Å². The largest absolute Gasteiger partial charge is 0.354 e. The van der Waals surface area contributed by atoms with Crippen LogP contribution in [-0.2, 0) is 4.79 Å². The monoisotopic (exact) mass is 307 g/mol. The molecule has 0 aromatic heterocycles. The molecule has 22 heavy (non-hydrogen) atoms. The van der Waals surface area contributed by atoms with E-state index in [9.17, 15) is 9.18 Å². The highest BCUT2D eigenvalue weighted by Gasteiger charge is 2.43. The lowest BCUT2D eigenvalue weighted by Gasteiger charge is -2.51. The van der Waals surface area contributed by atoms with Crippen LogP contribution in [-0.4, -0.2) is 17.5 Å². The smallest absolute Gasteiger partial charge is 0.256 e. The van der Waals surface area contributed by atoms with Crippen molar-refractivity contribution in [2.24, 2.45) is 11.8 Å². The summed E-state index contributed by atoms with van der Waals surface area (Å²) in [5.41, 5.74) is 3.94. The second-order valence-corrected chi connectivity index (χ2v) is 7.19. The first-order valence-electron chi connectivity index (χ1n) is 7.78. The number of hydrogen-bond acceptors (Lipinski definition) is 3. The Hall–Kier alpha value is -1.62. The van der Waals surface area contributed by atoms with Gasteiger partial charge in [0.15, 0.2) is 0 Å². The molecule has 1 heterocycles. The quantitative estimate of drug-likeness (QED) is 0.513. The minimum absolute atomic E-state index is 0.0779. The molecule has 0 aliphatic carbocycles. The maximum absolute atomic E-state index is 13.7. The van der Waals surface area contributed by atoms with Crippen LogP contribution in [0.1, 0.15) is 52.5 Å². The van der Waals surface area contributed by atoms with E-state index in [0.717, 1.165) is 17.7 Å². The van der Waals surface area contributed by atoms with Crippen molar-refractivity contribution < 1.29 is 9.18 Å². The van der Waals surface area contributed by atoms with Crippen molar-refractivity contribution in [3.63, 3.8) is 0 Å². The first kappa shape index (κ1) is 16.7. The molecule has 2 rings (SSSR count). The number of halogens is 1. The van der Waals surface area contributed by atoms with Crippen LogP contribution in [0.3, 0.4) is 0 Å². The zero-order valence-electron chi connectivity index (χ0n) is 14.0. The number of amides is 1. The molecule has 1 amide bonds. The summed E-state index contributed by atoms with van der Waals surface area (Å²) in [5, 5.41) is 0. The van der Waals surface area contributed by atoms with Crippen LogP contribution in [0.4, 0.5) is 10.1 Å². The van der Waals surface area contributed by atoms with Crippen LogP contribution < -0.4 is 16.2 Å². The molecule has 0 radical (unpaired) electrons. The SMILES string of the molecule is CC(C)[C@H](C(=O)NN)N1c2ccc(F)cc2[C@@H](C)CC1(C)C. The molecule has 4 nitrogen and oxygen atoms in total. The van der Waals surface area contributed by atoms with Gasteiger partial charge in [-0.05, 0) is 55.9 Å². The van der Waals surface area contributed by atoms with Crippen molar-refractivity contribution in [3.8, 4) is 0 Å². The Kier molecular flexibility index (Phi) is 4.47. The molecule has 0 bridgehead atoms. The average Bonchev–Trinajstić information content (AvgIpc) is 2.42. The number of carbonyl (C=O) groups is 1. The van der Waals surface area contributed by atoms with Crippen LogP contribution in [0.5, 0.6) is 0 Å². The lowest BCUT2D eigenvalue weighted by molar-refractivity contribution is -0.123. The Bertz CT molecular complexity index is 571. The van der Waals surface area contributed by atoms with Crippen molar-refractivity contribution in [1.29, 1.82) is 0 Å². The molecule has 1 aliphatic heterocycles. The van der Waals surface area contributed by atoms with Gasteiger partial charge in [0.05, 0.1) is 0 Å². The average molecular weight is 307 g/mol. The highest BCUT2D eigenvalue weighted by atomic mass is 19.1. The van der Waals surface area contributed by atoms with Crippen LogP contribution in [0, 0.1) is 11.7 Å². The molecular weight excluding hydrogens is 281 g/mol. The minimum atomic E-state index is -0.392. The number of carbonyl (C=O) groups excluding carboxylic acids is 1. The maximum atomic E-state index is 13.7. The van der Waals surface area contributed by atoms with E-state index in [2.05, 4.69) is 31.1 Å². The fourth-order valence-electron chi connectivity index (χ4n) is 3.75. The number of anilines is 1. The minimum Gasteiger partial charge on any atom is -0.354 e. The number of benzene rings is 1. The normalized spacial score (nSPS) is 21.5. The summed E-state index contributed by atoms with van der Waals surface area (Å²) >= 11 is 0. The van der Waals surface area contributed by atoms with E-state index in [4.69, 9.17) is 5.84 Å². The van der Waals surface area contributed by atoms with Crippen molar-refractivity contribution in [2.45, 2.75) is 58.5 Å². The Morgan fingerprint density at radius 3 is 2.64 bits per heavy atom. The van der Waals surface area contributed by atoms with Crippen LogP contribution in [0.25, 0.3) is 0 Å². The molecule has 5 heteroatoms. The third-order valence-electron chi connectivity index (χ3n) is 4.56. The molecule has 0 spiro atoms. The van der Waals surface area contributed by atoms with Gasteiger partial charge in [-0.15, -0.1) is 0 Å². The summed E-state index contributed by atoms with van der Waals surface area (Å²) in [6, 6.07) is 4.43. The second-order valence-electron chi connectivity index (χ2n) is 7.19. The van der Waals surface area contributed by atoms with Gasteiger partial charge in [0.2, 0.25) is 0 Å². The van der Waals surface area contributed by atoms with E-state index in [1.807, 2.05) is 13.8 Å². The second kappa shape index (κ2) is 5.88. The number of nitrogens with two attached hydrogens (primary N) is 1. The molecule has 1 aromatic rings. The number of rotatable bonds is 3. The van der Waals surface area contributed by atoms with Gasteiger partial charge in [0.1, 0.15) is 11.9 Å². The van der Waals surface area contributed by atoms with E-state index in [1.54, 1.807) is 12.1 Å². The summed E-state index contributed by atoms with van der Waals surface area (Å²) < 4.78 is 13.7. The molecule has 0 fully saturated rings. The number of hydrazine groups is 1. The lowest BCUT2D eigenvalue weighted by Crippen LogP contribution is -2.61. The Morgan fingerprint density at radius 2 is 2.09 bits per heavy atom. The Balaban J connectivity index is 2.61. The lowest BCUT2D eigenvalue weighted by atomic mass is 9.78. The van der Waals surface area contributed by atoms with E-state index in [-0.39, 0.29) is 29.1 Å². The maximum Gasteiger partial charge on any atom is 0.256 e. The molecule has 0 unspecified atom stereocenters. The van der Waals surface area contributed by atoms with Gasteiger partial charge in [-0.2, -0.15) is 0 Å². The molecular formula is C17H26FN3O. The van der Waals surface area contributed by atoms with E-state index in [1.165, 1.54) is 6.07 Å². The summed E-state index contributed by atoms with van der Waals surface area (Å²) in [7, 11) is 0. The number of hydrogen-bond donors (Lipinski definition) is 2. The molecule has 2 atom stereocenters. The molecule has 3 N–H and O–H groups in total. The molecule has 0 saturated heterocycles. The van der Waals surface area contributed by atoms with Crippen LogP contribution in [0.15, 0.2) is 18.2 Å². The van der Waals surface area contributed by atoms with Gasteiger partial charge in [-0.3, -0.25) is 10.2 Å². The molecule has 1 aromatic carbocycles. The Labute approximate surface area is 131 Å². The van der Waals surface area contributed by atoms with E-state index >= 15 is 0 Å². The highest BCUT2D eigenvalue weighted by molar-refractivity contribution is 5.86. The van der Waals surface area contributed by atoms with Gasteiger partial charge in [0.25, 0.3) is 5.91 Å². The van der Waals surface area contributed by atoms with Crippen LogP contribution >= 0.6 is 0 Å². The first-order valence-corrected chi connectivity index (χ1v) is 7.78. The predicted octanol–water partition coefficient (Wildman–Crippen LogP) is 2.93. The number of fused-ring (bicyclic) bond motifs is 1. The van der Waals surface area contributed by atoms with Gasteiger partial charge in [0, 0.05) is 11.2 Å². The number of nitrogens with one attached hydrogen (secondary N) is 1. The predicted molar refractivity (Wildman–Crippen MR) is 86.9 cm³/mol. The topological polar surface area (TPSA) is 58.4 Å². The van der Waals surface area contributed by atoms with Crippen LogP contribution in [0.2, 0.25) is 0 Å².